The number of rotatable bonds is 11. The number of hydrogen-bond acceptors (Lipinski definition) is 4. The lowest BCUT2D eigenvalue weighted by Gasteiger charge is -2.32. The maximum atomic E-state index is 13.8. The topological polar surface area (TPSA) is 86.8 Å². The Kier molecular flexibility index (Phi) is 10.4. The van der Waals surface area contributed by atoms with Gasteiger partial charge in [-0.2, -0.15) is 0 Å². The van der Waals surface area contributed by atoms with E-state index in [4.69, 9.17) is 11.6 Å². The molecule has 0 bridgehead atoms. The van der Waals surface area contributed by atoms with Crippen LogP contribution in [-0.2, 0) is 26.2 Å². The predicted molar refractivity (Wildman–Crippen MR) is 154 cm³/mol. The number of carbonyl (C=O) groups is 2. The highest BCUT2D eigenvalue weighted by molar-refractivity contribution is 9.10. The van der Waals surface area contributed by atoms with E-state index in [-0.39, 0.29) is 23.3 Å². The van der Waals surface area contributed by atoms with E-state index in [0.29, 0.717) is 21.7 Å². The molecule has 0 aromatic heterocycles. The molecule has 38 heavy (non-hydrogen) atoms. The smallest absolute Gasteiger partial charge is 0.264 e. The Balaban J connectivity index is 1.99. The number of halogens is 2. The molecule has 0 spiro atoms. The Labute approximate surface area is 238 Å². The van der Waals surface area contributed by atoms with Gasteiger partial charge in [0, 0.05) is 22.6 Å². The van der Waals surface area contributed by atoms with Gasteiger partial charge in [-0.05, 0) is 60.9 Å². The lowest BCUT2D eigenvalue weighted by atomic mass is 10.1. The third-order valence-corrected chi connectivity index (χ3v) is 8.36. The average Bonchev–Trinajstić information content (AvgIpc) is 2.89. The second-order valence-corrected chi connectivity index (χ2v) is 12.5. The van der Waals surface area contributed by atoms with Crippen LogP contribution in [0.2, 0.25) is 5.02 Å². The van der Waals surface area contributed by atoms with Gasteiger partial charge >= 0.3 is 0 Å². The summed E-state index contributed by atoms with van der Waals surface area (Å²) in [5.74, 6) is -0.609. The quantitative estimate of drug-likeness (QED) is 0.307. The molecule has 0 saturated carbocycles. The molecule has 0 radical (unpaired) electrons. The highest BCUT2D eigenvalue weighted by atomic mass is 79.9. The molecule has 7 nitrogen and oxygen atoms in total. The summed E-state index contributed by atoms with van der Waals surface area (Å²) in [6.07, 6.45) is 0. The molecule has 0 aliphatic rings. The van der Waals surface area contributed by atoms with Gasteiger partial charge in [0.2, 0.25) is 11.8 Å². The molecule has 1 unspecified atom stereocenters. The van der Waals surface area contributed by atoms with Gasteiger partial charge in [0.25, 0.3) is 10.0 Å². The van der Waals surface area contributed by atoms with Crippen LogP contribution in [-0.4, -0.2) is 44.3 Å². The highest BCUT2D eigenvalue weighted by Crippen LogP contribution is 2.27. The number of hydrogen-bond donors (Lipinski definition) is 1. The summed E-state index contributed by atoms with van der Waals surface area (Å²) < 4.78 is 29.2. The molecule has 1 N–H and O–H groups in total. The molecule has 0 heterocycles. The van der Waals surface area contributed by atoms with Crippen molar-refractivity contribution in [1.29, 1.82) is 0 Å². The number of benzene rings is 3. The first kappa shape index (κ1) is 29.7. The van der Waals surface area contributed by atoms with Gasteiger partial charge in [-0.1, -0.05) is 77.8 Å². The largest absolute Gasteiger partial charge is 0.354 e. The van der Waals surface area contributed by atoms with Crippen molar-refractivity contribution in [3.8, 4) is 0 Å². The van der Waals surface area contributed by atoms with E-state index in [2.05, 4.69) is 21.2 Å². The van der Waals surface area contributed by atoms with Crippen molar-refractivity contribution in [3.05, 3.63) is 93.9 Å². The first-order chi connectivity index (χ1) is 18.0. The Hall–Kier alpha value is -2.88. The van der Waals surface area contributed by atoms with Gasteiger partial charge in [0.05, 0.1) is 10.6 Å². The van der Waals surface area contributed by atoms with Crippen molar-refractivity contribution < 1.29 is 18.0 Å². The molecule has 202 valence electrons. The zero-order valence-corrected chi connectivity index (χ0v) is 24.6. The van der Waals surface area contributed by atoms with Crippen molar-refractivity contribution in [2.45, 2.75) is 38.3 Å². The van der Waals surface area contributed by atoms with Crippen molar-refractivity contribution >= 4 is 55.1 Å². The van der Waals surface area contributed by atoms with Crippen LogP contribution in [0.15, 0.2) is 88.2 Å². The van der Waals surface area contributed by atoms with E-state index in [1.54, 1.807) is 73.7 Å². The predicted octanol–water partition coefficient (Wildman–Crippen LogP) is 5.49. The van der Waals surface area contributed by atoms with E-state index < -0.39 is 28.5 Å². The number of sulfonamides is 1. The third-order valence-electron chi connectivity index (χ3n) is 5.82. The molecule has 3 rings (SSSR count). The van der Waals surface area contributed by atoms with Crippen LogP contribution in [0, 0.1) is 5.92 Å². The molecule has 0 aliphatic carbocycles. The van der Waals surface area contributed by atoms with Crippen LogP contribution in [0.3, 0.4) is 0 Å². The Morgan fingerprint density at radius 1 is 0.947 bits per heavy atom. The minimum atomic E-state index is -4.10. The summed E-state index contributed by atoms with van der Waals surface area (Å²) >= 11 is 9.42. The summed E-state index contributed by atoms with van der Waals surface area (Å²) in [6, 6.07) is 20.8. The Morgan fingerprint density at radius 2 is 1.61 bits per heavy atom. The summed E-state index contributed by atoms with van der Waals surface area (Å²) in [5.41, 5.74) is 1.08. The molecule has 0 saturated heterocycles. The van der Waals surface area contributed by atoms with E-state index >= 15 is 0 Å². The van der Waals surface area contributed by atoms with Gasteiger partial charge in [-0.15, -0.1) is 0 Å². The van der Waals surface area contributed by atoms with Crippen molar-refractivity contribution in [2.24, 2.45) is 5.92 Å². The maximum absolute atomic E-state index is 13.8. The zero-order chi connectivity index (χ0) is 27.9. The molecular formula is C28H31BrClN3O4S. The van der Waals surface area contributed by atoms with Crippen LogP contribution < -0.4 is 9.62 Å². The lowest BCUT2D eigenvalue weighted by molar-refractivity contribution is -0.139. The lowest BCUT2D eigenvalue weighted by Crippen LogP contribution is -2.51. The summed E-state index contributed by atoms with van der Waals surface area (Å²) in [5, 5.41) is 3.41. The fourth-order valence-corrected chi connectivity index (χ4v) is 5.64. The second kappa shape index (κ2) is 13.3. The van der Waals surface area contributed by atoms with Crippen LogP contribution in [0.5, 0.6) is 0 Å². The van der Waals surface area contributed by atoms with E-state index in [0.717, 1.165) is 9.87 Å². The number of amides is 2. The molecule has 3 aromatic rings. The molecular weight excluding hydrogens is 590 g/mol. The molecule has 1 atom stereocenters. The molecule has 10 heteroatoms. The van der Waals surface area contributed by atoms with Gasteiger partial charge in [0.1, 0.15) is 12.6 Å². The molecule has 0 aliphatic heterocycles. The Morgan fingerprint density at radius 3 is 2.21 bits per heavy atom. The van der Waals surface area contributed by atoms with Crippen molar-refractivity contribution in [3.63, 3.8) is 0 Å². The molecule has 3 aromatic carbocycles. The SMILES string of the molecule is CC(C)CNC(=O)C(C)N(Cc1ccc(Cl)cc1)C(=O)CN(c1cccc(Br)c1)S(=O)(=O)c1ccccc1. The van der Waals surface area contributed by atoms with Gasteiger partial charge in [-0.3, -0.25) is 13.9 Å². The number of anilines is 1. The first-order valence-corrected chi connectivity index (χ1v) is 14.7. The number of carbonyl (C=O) groups excluding carboxylic acids is 2. The normalized spacial score (nSPS) is 12.2. The second-order valence-electron chi connectivity index (χ2n) is 9.27. The fourth-order valence-electron chi connectivity index (χ4n) is 3.70. The van der Waals surface area contributed by atoms with Crippen molar-refractivity contribution in [1.82, 2.24) is 10.2 Å². The van der Waals surface area contributed by atoms with Gasteiger partial charge < -0.3 is 10.2 Å². The van der Waals surface area contributed by atoms with E-state index in [1.165, 1.54) is 17.0 Å². The monoisotopic (exact) mass is 619 g/mol. The van der Waals surface area contributed by atoms with Gasteiger partial charge in [-0.25, -0.2) is 8.42 Å². The molecule has 2 amide bonds. The summed E-state index contributed by atoms with van der Waals surface area (Å²) in [7, 11) is -4.10. The Bertz CT molecular complexity index is 1350. The standard InChI is InChI=1S/C28H31BrClN3O4S/c1-20(2)17-31-28(35)21(3)32(18-22-12-14-24(30)15-13-22)27(34)19-33(25-9-7-8-23(29)16-25)38(36,37)26-10-5-4-6-11-26/h4-16,20-21H,17-19H2,1-3H3,(H,31,35). The maximum Gasteiger partial charge on any atom is 0.264 e. The van der Waals surface area contributed by atoms with E-state index in [1.807, 2.05) is 13.8 Å². The fraction of sp³-hybridized carbons (Fsp3) is 0.286. The van der Waals surface area contributed by atoms with Crippen LogP contribution >= 0.6 is 27.5 Å². The summed E-state index contributed by atoms with van der Waals surface area (Å²) in [4.78, 5) is 28.3. The van der Waals surface area contributed by atoms with Crippen molar-refractivity contribution in [2.75, 3.05) is 17.4 Å². The zero-order valence-electron chi connectivity index (χ0n) is 21.5. The van der Waals surface area contributed by atoms with Crippen LogP contribution in [0.25, 0.3) is 0 Å². The third kappa shape index (κ3) is 7.82. The minimum absolute atomic E-state index is 0.0553. The molecule has 0 fully saturated rings. The van der Waals surface area contributed by atoms with Gasteiger partial charge in [0.15, 0.2) is 0 Å². The summed E-state index contributed by atoms with van der Waals surface area (Å²) in [6.45, 7) is 5.65. The number of nitrogens with zero attached hydrogens (tertiary/aromatic N) is 2. The first-order valence-electron chi connectivity index (χ1n) is 12.1. The minimum Gasteiger partial charge on any atom is -0.354 e. The number of nitrogens with one attached hydrogen (secondary N) is 1. The van der Waals surface area contributed by atoms with E-state index in [9.17, 15) is 18.0 Å². The average molecular weight is 621 g/mol. The highest BCUT2D eigenvalue weighted by Gasteiger charge is 2.32. The van der Waals surface area contributed by atoms with Crippen LogP contribution in [0.1, 0.15) is 26.3 Å². The van der Waals surface area contributed by atoms with Crippen LogP contribution in [0.4, 0.5) is 5.69 Å².